The summed E-state index contributed by atoms with van der Waals surface area (Å²) in [5.74, 6) is 0.223. The summed E-state index contributed by atoms with van der Waals surface area (Å²) >= 11 is 0. The maximum Gasteiger partial charge on any atom is 0.272 e. The van der Waals surface area contributed by atoms with Crippen molar-refractivity contribution in [3.05, 3.63) is 72.6 Å². The molecule has 1 saturated heterocycles. The van der Waals surface area contributed by atoms with E-state index in [-0.39, 0.29) is 11.7 Å². The van der Waals surface area contributed by atoms with Gasteiger partial charge >= 0.3 is 0 Å². The van der Waals surface area contributed by atoms with Gasteiger partial charge in [-0.15, -0.1) is 0 Å². The molecule has 7 nitrogen and oxygen atoms in total. The van der Waals surface area contributed by atoms with E-state index < -0.39 is 0 Å². The number of nitrogens with one attached hydrogen (secondary N) is 1. The third-order valence-corrected chi connectivity index (χ3v) is 4.49. The predicted octanol–water partition coefficient (Wildman–Crippen LogP) is 2.72. The standard InChI is InChI=1S/C20H19FN6O/c21-15-3-1-4-16(13-15)25-17-5-8-22-18(14-17)19(28)26-9-11-27(12-10-26)20-23-6-2-7-24-20/h1-8,13-14H,9-12H2,(H,22,25). The number of carbonyl (C=O) groups is 1. The molecule has 3 aromatic rings. The molecule has 1 N–H and O–H groups in total. The molecule has 28 heavy (non-hydrogen) atoms. The third kappa shape index (κ3) is 4.06. The molecule has 1 aromatic carbocycles. The summed E-state index contributed by atoms with van der Waals surface area (Å²) in [6, 6.07) is 11.4. The molecule has 1 amide bonds. The third-order valence-electron chi connectivity index (χ3n) is 4.49. The van der Waals surface area contributed by atoms with Gasteiger partial charge < -0.3 is 15.1 Å². The lowest BCUT2D eigenvalue weighted by Crippen LogP contribution is -2.49. The quantitative estimate of drug-likeness (QED) is 0.753. The van der Waals surface area contributed by atoms with Crippen LogP contribution in [0.15, 0.2) is 61.1 Å². The summed E-state index contributed by atoms with van der Waals surface area (Å²) < 4.78 is 13.3. The number of hydrogen-bond acceptors (Lipinski definition) is 6. The molecular formula is C20H19FN6O. The minimum Gasteiger partial charge on any atom is -0.355 e. The van der Waals surface area contributed by atoms with Crippen LogP contribution in [0.3, 0.4) is 0 Å². The second kappa shape index (κ2) is 7.99. The smallest absolute Gasteiger partial charge is 0.272 e. The molecule has 4 rings (SSSR count). The highest BCUT2D eigenvalue weighted by molar-refractivity contribution is 5.93. The van der Waals surface area contributed by atoms with Crippen molar-refractivity contribution in [1.82, 2.24) is 19.9 Å². The summed E-state index contributed by atoms with van der Waals surface area (Å²) in [6.07, 6.45) is 4.99. The van der Waals surface area contributed by atoms with Gasteiger partial charge in [-0.3, -0.25) is 9.78 Å². The Morgan fingerprint density at radius 3 is 2.39 bits per heavy atom. The number of rotatable bonds is 4. The molecule has 3 heterocycles. The molecule has 0 unspecified atom stereocenters. The molecule has 142 valence electrons. The molecule has 8 heteroatoms. The van der Waals surface area contributed by atoms with Gasteiger partial charge in [-0.1, -0.05) is 6.07 Å². The van der Waals surface area contributed by atoms with Crippen LogP contribution in [0.5, 0.6) is 0 Å². The van der Waals surface area contributed by atoms with Gasteiger partial charge in [-0.05, 0) is 36.4 Å². The molecule has 0 aliphatic carbocycles. The molecule has 0 bridgehead atoms. The summed E-state index contributed by atoms with van der Waals surface area (Å²) in [6.45, 7) is 2.47. The zero-order valence-corrected chi connectivity index (χ0v) is 15.1. The van der Waals surface area contributed by atoms with Crippen LogP contribution in [-0.2, 0) is 0 Å². The number of pyridine rings is 1. The number of benzene rings is 1. The fourth-order valence-electron chi connectivity index (χ4n) is 3.08. The minimum atomic E-state index is -0.323. The zero-order chi connectivity index (χ0) is 19.3. The van der Waals surface area contributed by atoms with Crippen molar-refractivity contribution in [3.63, 3.8) is 0 Å². The van der Waals surface area contributed by atoms with Gasteiger partial charge in [-0.25, -0.2) is 14.4 Å². The van der Waals surface area contributed by atoms with Crippen molar-refractivity contribution in [3.8, 4) is 0 Å². The lowest BCUT2D eigenvalue weighted by molar-refractivity contribution is 0.0740. The van der Waals surface area contributed by atoms with E-state index >= 15 is 0 Å². The summed E-state index contributed by atoms with van der Waals surface area (Å²) in [5.41, 5.74) is 1.65. The van der Waals surface area contributed by atoms with Crippen LogP contribution < -0.4 is 10.2 Å². The molecule has 0 saturated carbocycles. The highest BCUT2D eigenvalue weighted by atomic mass is 19.1. The number of aromatic nitrogens is 3. The Hall–Kier alpha value is -3.55. The predicted molar refractivity (Wildman–Crippen MR) is 104 cm³/mol. The van der Waals surface area contributed by atoms with E-state index in [0.717, 1.165) is 0 Å². The van der Waals surface area contributed by atoms with Gasteiger partial charge in [0.25, 0.3) is 5.91 Å². The van der Waals surface area contributed by atoms with Crippen LogP contribution in [0.2, 0.25) is 0 Å². The SMILES string of the molecule is O=C(c1cc(Nc2cccc(F)c2)ccn1)N1CCN(c2ncccn2)CC1. The molecule has 2 aromatic heterocycles. The Kier molecular flexibility index (Phi) is 5.09. The minimum absolute atomic E-state index is 0.128. The number of piperazine rings is 1. The summed E-state index contributed by atoms with van der Waals surface area (Å²) in [7, 11) is 0. The topological polar surface area (TPSA) is 74.2 Å². The maximum absolute atomic E-state index is 13.3. The largest absolute Gasteiger partial charge is 0.355 e. The van der Waals surface area contributed by atoms with Gasteiger partial charge in [0.2, 0.25) is 5.95 Å². The number of hydrogen-bond donors (Lipinski definition) is 1. The van der Waals surface area contributed by atoms with Crippen LogP contribution in [-0.4, -0.2) is 51.9 Å². The Morgan fingerprint density at radius 2 is 1.64 bits per heavy atom. The van der Waals surface area contributed by atoms with E-state index in [9.17, 15) is 9.18 Å². The van der Waals surface area contributed by atoms with E-state index in [1.807, 2.05) is 0 Å². The van der Waals surface area contributed by atoms with Crippen molar-refractivity contribution in [2.75, 3.05) is 36.4 Å². The molecule has 1 aliphatic rings. The second-order valence-electron chi connectivity index (χ2n) is 6.39. The van der Waals surface area contributed by atoms with E-state index in [1.54, 1.807) is 53.8 Å². The number of nitrogens with zero attached hydrogens (tertiary/aromatic N) is 5. The maximum atomic E-state index is 13.3. The van der Waals surface area contributed by atoms with Gasteiger partial charge in [0.1, 0.15) is 11.5 Å². The van der Waals surface area contributed by atoms with E-state index in [0.29, 0.717) is 49.2 Å². The van der Waals surface area contributed by atoms with Crippen LogP contribution in [0.1, 0.15) is 10.5 Å². The van der Waals surface area contributed by atoms with Gasteiger partial charge in [-0.2, -0.15) is 0 Å². The van der Waals surface area contributed by atoms with E-state index in [1.165, 1.54) is 12.1 Å². The van der Waals surface area contributed by atoms with Crippen molar-refractivity contribution >= 4 is 23.2 Å². The Balaban J connectivity index is 1.41. The first kappa shape index (κ1) is 17.8. The molecule has 0 atom stereocenters. The van der Waals surface area contributed by atoms with Crippen LogP contribution in [0, 0.1) is 5.82 Å². The lowest BCUT2D eigenvalue weighted by atomic mass is 10.2. The first-order valence-electron chi connectivity index (χ1n) is 8.99. The van der Waals surface area contributed by atoms with Crippen LogP contribution in [0.25, 0.3) is 0 Å². The number of amides is 1. The molecule has 0 spiro atoms. The van der Waals surface area contributed by atoms with Crippen molar-refractivity contribution < 1.29 is 9.18 Å². The average molecular weight is 378 g/mol. The van der Waals surface area contributed by atoms with Gasteiger partial charge in [0.15, 0.2) is 0 Å². The van der Waals surface area contributed by atoms with Gasteiger partial charge in [0.05, 0.1) is 0 Å². The van der Waals surface area contributed by atoms with Crippen molar-refractivity contribution in [1.29, 1.82) is 0 Å². The van der Waals surface area contributed by atoms with Gasteiger partial charge in [0, 0.05) is 56.1 Å². The second-order valence-corrected chi connectivity index (χ2v) is 6.39. The first-order chi connectivity index (χ1) is 13.7. The Morgan fingerprint density at radius 1 is 0.893 bits per heavy atom. The fourth-order valence-corrected chi connectivity index (χ4v) is 3.08. The highest BCUT2D eigenvalue weighted by Crippen LogP contribution is 2.19. The molecule has 1 fully saturated rings. The molecule has 1 aliphatic heterocycles. The van der Waals surface area contributed by atoms with E-state index in [2.05, 4.69) is 25.2 Å². The van der Waals surface area contributed by atoms with E-state index in [4.69, 9.17) is 0 Å². The average Bonchev–Trinajstić information content (AvgIpc) is 2.74. The number of halogens is 1. The molecular weight excluding hydrogens is 359 g/mol. The lowest BCUT2D eigenvalue weighted by Gasteiger charge is -2.34. The highest BCUT2D eigenvalue weighted by Gasteiger charge is 2.24. The van der Waals surface area contributed by atoms with Crippen molar-refractivity contribution in [2.45, 2.75) is 0 Å². The number of anilines is 3. The fraction of sp³-hybridized carbons (Fsp3) is 0.200. The zero-order valence-electron chi connectivity index (χ0n) is 15.1. The number of carbonyl (C=O) groups excluding carboxylic acids is 1. The summed E-state index contributed by atoms with van der Waals surface area (Å²) in [5, 5.41) is 3.10. The first-order valence-corrected chi connectivity index (χ1v) is 8.99. The Bertz CT molecular complexity index is 960. The molecule has 0 radical (unpaired) electrons. The Labute approximate surface area is 161 Å². The van der Waals surface area contributed by atoms with Crippen LogP contribution >= 0.6 is 0 Å². The summed E-state index contributed by atoms with van der Waals surface area (Å²) in [4.78, 5) is 29.4. The van der Waals surface area contributed by atoms with Crippen molar-refractivity contribution in [2.24, 2.45) is 0 Å². The normalized spacial score (nSPS) is 14.0. The van der Waals surface area contributed by atoms with Crippen LogP contribution in [0.4, 0.5) is 21.7 Å². The monoisotopic (exact) mass is 378 g/mol.